The molecule has 68 valence electrons. The maximum Gasteiger partial charge on any atom is 0.137 e. The van der Waals surface area contributed by atoms with Gasteiger partial charge in [0.05, 0.1) is 4.47 Å². The fraction of sp³-hybridized carbons (Fsp3) is 0.571. The first kappa shape index (κ1) is 9.92. The summed E-state index contributed by atoms with van der Waals surface area (Å²) in [6, 6.07) is 0.308. The van der Waals surface area contributed by atoms with Crippen LogP contribution in [0.25, 0.3) is 0 Å². The Morgan fingerprint density at radius 3 is 2.42 bits per heavy atom. The molecular weight excluding hydrogens is 238 g/mol. The number of rotatable bonds is 2. The van der Waals surface area contributed by atoms with Crippen LogP contribution >= 0.6 is 27.7 Å². The molecule has 0 saturated carbocycles. The van der Waals surface area contributed by atoms with E-state index in [2.05, 4.69) is 34.9 Å². The van der Waals surface area contributed by atoms with Crippen molar-refractivity contribution in [2.45, 2.75) is 24.9 Å². The molecule has 3 nitrogen and oxygen atoms in total. The van der Waals surface area contributed by atoms with Crippen molar-refractivity contribution in [2.24, 2.45) is 0 Å². The molecule has 0 aromatic carbocycles. The zero-order valence-corrected chi connectivity index (χ0v) is 9.74. The van der Waals surface area contributed by atoms with E-state index >= 15 is 0 Å². The molecule has 0 aliphatic carbocycles. The molecule has 1 aromatic heterocycles. The van der Waals surface area contributed by atoms with E-state index in [4.69, 9.17) is 5.73 Å². The predicted octanol–water partition coefficient (Wildman–Crippen LogP) is 2.53. The molecular formula is C7H12BrN3S. The van der Waals surface area contributed by atoms with Crippen LogP contribution in [0.4, 0.5) is 5.82 Å². The molecule has 5 heteroatoms. The Kier molecular flexibility index (Phi) is 3.06. The minimum Gasteiger partial charge on any atom is -0.383 e. The Morgan fingerprint density at radius 2 is 2.17 bits per heavy atom. The van der Waals surface area contributed by atoms with Crippen molar-refractivity contribution in [3.63, 3.8) is 0 Å². The second kappa shape index (κ2) is 3.70. The van der Waals surface area contributed by atoms with Crippen LogP contribution in [0.3, 0.4) is 0 Å². The molecule has 0 atom stereocenters. The maximum absolute atomic E-state index is 5.82. The van der Waals surface area contributed by atoms with Crippen LogP contribution in [0.1, 0.15) is 19.9 Å². The molecule has 0 aliphatic rings. The molecule has 0 radical (unpaired) electrons. The van der Waals surface area contributed by atoms with E-state index in [1.165, 1.54) is 0 Å². The third-order valence-electron chi connectivity index (χ3n) is 1.54. The lowest BCUT2D eigenvalue weighted by Gasteiger charge is -2.06. The summed E-state index contributed by atoms with van der Waals surface area (Å²) in [5, 5.41) is 5.28. The summed E-state index contributed by atoms with van der Waals surface area (Å²) < 4.78 is 2.72. The number of nitrogens with two attached hydrogens (primary N) is 1. The molecule has 2 N–H and O–H groups in total. The minimum atomic E-state index is 0.308. The van der Waals surface area contributed by atoms with Crippen molar-refractivity contribution in [3.05, 3.63) is 4.47 Å². The lowest BCUT2D eigenvalue weighted by atomic mass is 10.4. The highest BCUT2D eigenvalue weighted by molar-refractivity contribution is 9.10. The Morgan fingerprint density at radius 1 is 1.58 bits per heavy atom. The van der Waals surface area contributed by atoms with Crippen molar-refractivity contribution in [3.8, 4) is 0 Å². The normalized spacial score (nSPS) is 11.1. The van der Waals surface area contributed by atoms with Crippen LogP contribution in [0, 0.1) is 0 Å². The quantitative estimate of drug-likeness (QED) is 0.820. The van der Waals surface area contributed by atoms with Crippen molar-refractivity contribution >= 4 is 33.5 Å². The van der Waals surface area contributed by atoms with Crippen LogP contribution in [0.15, 0.2) is 9.50 Å². The van der Waals surface area contributed by atoms with Gasteiger partial charge in [-0.05, 0) is 36.0 Å². The fourth-order valence-electron chi connectivity index (χ4n) is 0.930. The van der Waals surface area contributed by atoms with Crippen LogP contribution in [0.5, 0.6) is 0 Å². The highest BCUT2D eigenvalue weighted by Crippen LogP contribution is 2.31. The van der Waals surface area contributed by atoms with E-state index in [-0.39, 0.29) is 0 Å². The summed E-state index contributed by atoms with van der Waals surface area (Å²) >= 11 is 4.99. The van der Waals surface area contributed by atoms with Crippen molar-refractivity contribution in [1.82, 2.24) is 9.78 Å². The van der Waals surface area contributed by atoms with Gasteiger partial charge in [-0.25, -0.2) is 4.68 Å². The molecule has 0 spiro atoms. The van der Waals surface area contributed by atoms with E-state index in [1.807, 2.05) is 10.9 Å². The topological polar surface area (TPSA) is 43.8 Å². The first-order valence-corrected chi connectivity index (χ1v) is 5.67. The number of aromatic nitrogens is 2. The molecule has 1 heterocycles. The van der Waals surface area contributed by atoms with Gasteiger partial charge < -0.3 is 5.73 Å². The number of anilines is 1. The molecule has 0 fully saturated rings. The minimum absolute atomic E-state index is 0.308. The Labute approximate surface area is 84.8 Å². The van der Waals surface area contributed by atoms with Gasteiger partial charge >= 0.3 is 0 Å². The molecule has 0 saturated heterocycles. The standard InChI is InChI=1S/C7H12BrN3S/c1-4(2)11-6(9)5(8)7(10-11)12-3/h4H,9H2,1-3H3. The number of hydrogen-bond acceptors (Lipinski definition) is 3. The van der Waals surface area contributed by atoms with Gasteiger partial charge in [0.25, 0.3) is 0 Å². The molecule has 0 bridgehead atoms. The van der Waals surface area contributed by atoms with Gasteiger partial charge in [0.2, 0.25) is 0 Å². The van der Waals surface area contributed by atoms with Crippen LogP contribution in [-0.4, -0.2) is 16.0 Å². The molecule has 0 amide bonds. The Hall–Kier alpha value is -0.160. The maximum atomic E-state index is 5.82. The SMILES string of the molecule is CSc1nn(C(C)C)c(N)c1Br. The van der Waals surface area contributed by atoms with Crippen LogP contribution < -0.4 is 5.73 Å². The number of halogens is 1. The lowest BCUT2D eigenvalue weighted by Crippen LogP contribution is -2.06. The largest absolute Gasteiger partial charge is 0.383 e. The zero-order valence-electron chi connectivity index (χ0n) is 7.34. The van der Waals surface area contributed by atoms with E-state index in [9.17, 15) is 0 Å². The second-order valence-electron chi connectivity index (χ2n) is 2.75. The lowest BCUT2D eigenvalue weighted by molar-refractivity contribution is 0.530. The predicted molar refractivity (Wildman–Crippen MR) is 56.5 cm³/mol. The van der Waals surface area contributed by atoms with E-state index in [1.54, 1.807) is 11.8 Å². The highest BCUT2D eigenvalue weighted by Gasteiger charge is 2.13. The molecule has 0 unspecified atom stereocenters. The first-order valence-electron chi connectivity index (χ1n) is 3.65. The average molecular weight is 250 g/mol. The first-order chi connectivity index (χ1) is 5.57. The molecule has 1 rings (SSSR count). The third kappa shape index (κ3) is 1.61. The third-order valence-corrected chi connectivity index (χ3v) is 3.26. The molecule has 1 aromatic rings. The zero-order chi connectivity index (χ0) is 9.30. The van der Waals surface area contributed by atoms with Crippen molar-refractivity contribution in [2.75, 3.05) is 12.0 Å². The second-order valence-corrected chi connectivity index (χ2v) is 4.33. The molecule has 12 heavy (non-hydrogen) atoms. The highest BCUT2D eigenvalue weighted by atomic mass is 79.9. The molecule has 0 aliphatic heterocycles. The Bertz CT molecular complexity index is 282. The number of hydrogen-bond donors (Lipinski definition) is 1. The smallest absolute Gasteiger partial charge is 0.137 e. The average Bonchev–Trinajstić information content (AvgIpc) is 2.30. The van der Waals surface area contributed by atoms with Gasteiger partial charge in [0, 0.05) is 6.04 Å². The van der Waals surface area contributed by atoms with Gasteiger partial charge in [0.1, 0.15) is 10.8 Å². The number of nitrogens with zero attached hydrogens (tertiary/aromatic N) is 2. The van der Waals surface area contributed by atoms with Crippen molar-refractivity contribution < 1.29 is 0 Å². The summed E-state index contributed by atoms with van der Waals surface area (Å²) in [5.74, 6) is 0.703. The van der Waals surface area contributed by atoms with E-state index in [0.29, 0.717) is 11.9 Å². The van der Waals surface area contributed by atoms with Crippen molar-refractivity contribution in [1.29, 1.82) is 0 Å². The van der Waals surface area contributed by atoms with Gasteiger partial charge in [-0.15, -0.1) is 11.8 Å². The summed E-state index contributed by atoms with van der Waals surface area (Å²) in [7, 11) is 0. The summed E-state index contributed by atoms with van der Waals surface area (Å²) in [6.07, 6.45) is 1.98. The van der Waals surface area contributed by atoms with Gasteiger partial charge in [0.15, 0.2) is 0 Å². The summed E-state index contributed by atoms with van der Waals surface area (Å²) in [4.78, 5) is 0. The Balaban J connectivity index is 3.16. The van der Waals surface area contributed by atoms with Crippen LogP contribution in [-0.2, 0) is 0 Å². The van der Waals surface area contributed by atoms with Crippen LogP contribution in [0.2, 0.25) is 0 Å². The number of thioether (sulfide) groups is 1. The van der Waals surface area contributed by atoms with Gasteiger partial charge in [-0.2, -0.15) is 5.10 Å². The van der Waals surface area contributed by atoms with E-state index in [0.717, 1.165) is 9.50 Å². The fourth-order valence-corrected chi connectivity index (χ4v) is 2.13. The summed E-state index contributed by atoms with van der Waals surface area (Å²) in [5.41, 5.74) is 5.82. The number of nitrogen functional groups attached to an aromatic ring is 1. The monoisotopic (exact) mass is 249 g/mol. The summed E-state index contributed by atoms with van der Waals surface area (Å²) in [6.45, 7) is 4.11. The van der Waals surface area contributed by atoms with Gasteiger partial charge in [-0.1, -0.05) is 0 Å². The van der Waals surface area contributed by atoms with Gasteiger partial charge in [-0.3, -0.25) is 0 Å². The van der Waals surface area contributed by atoms with E-state index < -0.39 is 0 Å².